The van der Waals surface area contributed by atoms with Crippen molar-refractivity contribution in [1.82, 2.24) is 9.88 Å². The molecule has 1 aliphatic heterocycles. The summed E-state index contributed by atoms with van der Waals surface area (Å²) in [4.78, 5) is 18.3. The van der Waals surface area contributed by atoms with Gasteiger partial charge in [-0.3, -0.25) is 4.79 Å². The molecule has 16 heavy (non-hydrogen) atoms. The summed E-state index contributed by atoms with van der Waals surface area (Å²) in [7, 11) is 0. The van der Waals surface area contributed by atoms with E-state index in [-0.39, 0.29) is 5.91 Å². The van der Waals surface area contributed by atoms with E-state index >= 15 is 0 Å². The van der Waals surface area contributed by atoms with Gasteiger partial charge < -0.3 is 10.2 Å². The molecule has 0 unspecified atom stereocenters. The summed E-state index contributed by atoms with van der Waals surface area (Å²) in [5.41, 5.74) is 0.607. The van der Waals surface area contributed by atoms with Crippen LogP contribution in [0.25, 0.3) is 0 Å². The molecule has 2 heterocycles. The third kappa shape index (κ3) is 2.04. The van der Waals surface area contributed by atoms with Crippen molar-refractivity contribution < 1.29 is 4.79 Å². The van der Waals surface area contributed by atoms with Crippen LogP contribution in [0.3, 0.4) is 0 Å². The third-order valence-electron chi connectivity index (χ3n) is 3.02. The van der Waals surface area contributed by atoms with Gasteiger partial charge in [-0.1, -0.05) is 0 Å². The molecule has 1 aromatic heterocycles. The van der Waals surface area contributed by atoms with Crippen molar-refractivity contribution in [2.75, 3.05) is 18.4 Å². The molecular weight excluding hydrogens is 222 g/mol. The predicted molar refractivity (Wildman–Crippen MR) is 63.9 cm³/mol. The molecule has 1 aliphatic carbocycles. The molecular formula is C11H15N3OS. The van der Waals surface area contributed by atoms with E-state index in [2.05, 4.69) is 10.3 Å². The lowest BCUT2D eigenvalue weighted by atomic mass is 10.4. The first-order chi connectivity index (χ1) is 7.83. The van der Waals surface area contributed by atoms with E-state index in [1.165, 1.54) is 24.2 Å². The van der Waals surface area contributed by atoms with Gasteiger partial charge in [-0.2, -0.15) is 0 Å². The zero-order chi connectivity index (χ0) is 11.0. The summed E-state index contributed by atoms with van der Waals surface area (Å²) >= 11 is 1.54. The molecule has 1 amide bonds. The molecule has 1 N–H and O–H groups in total. The second kappa shape index (κ2) is 4.05. The molecule has 0 aromatic carbocycles. The molecule has 0 atom stereocenters. The number of hydrogen-bond donors (Lipinski definition) is 1. The van der Waals surface area contributed by atoms with Crippen molar-refractivity contribution in [2.45, 2.75) is 31.7 Å². The largest absolute Gasteiger partial charge is 0.359 e. The maximum Gasteiger partial charge on any atom is 0.273 e. The van der Waals surface area contributed by atoms with Gasteiger partial charge in [0.25, 0.3) is 5.91 Å². The highest BCUT2D eigenvalue weighted by molar-refractivity contribution is 7.13. The Hall–Kier alpha value is -1.10. The van der Waals surface area contributed by atoms with Gasteiger partial charge in [-0.05, 0) is 25.7 Å². The minimum atomic E-state index is 0.0950. The van der Waals surface area contributed by atoms with Gasteiger partial charge in [0.15, 0.2) is 5.13 Å². The molecule has 1 saturated heterocycles. The Balaban J connectivity index is 1.67. The average molecular weight is 237 g/mol. The molecule has 4 nitrogen and oxygen atoms in total. The zero-order valence-corrected chi connectivity index (χ0v) is 9.92. The molecule has 2 fully saturated rings. The van der Waals surface area contributed by atoms with E-state index in [0.717, 1.165) is 31.1 Å². The lowest BCUT2D eigenvalue weighted by Crippen LogP contribution is -2.27. The minimum Gasteiger partial charge on any atom is -0.359 e. The number of nitrogens with zero attached hydrogens (tertiary/aromatic N) is 2. The van der Waals surface area contributed by atoms with E-state index in [9.17, 15) is 4.79 Å². The lowest BCUT2D eigenvalue weighted by molar-refractivity contribution is 0.0788. The molecule has 2 aliphatic rings. The molecule has 3 rings (SSSR count). The van der Waals surface area contributed by atoms with Crippen LogP contribution in [-0.2, 0) is 0 Å². The number of carbonyl (C=O) groups is 1. The molecule has 1 aromatic rings. The van der Waals surface area contributed by atoms with Gasteiger partial charge in [0.1, 0.15) is 5.69 Å². The first-order valence-electron chi connectivity index (χ1n) is 5.84. The number of thiazole rings is 1. The zero-order valence-electron chi connectivity index (χ0n) is 9.11. The standard InChI is InChI=1S/C11H15N3OS/c15-10(14-5-1-2-6-14)9-7-16-11(13-9)12-8-3-4-8/h7-8H,1-6H2,(H,12,13). The summed E-state index contributed by atoms with van der Waals surface area (Å²) in [6.07, 6.45) is 4.72. The Bertz CT molecular complexity index is 394. The van der Waals surface area contributed by atoms with Gasteiger partial charge in [-0.15, -0.1) is 11.3 Å². The quantitative estimate of drug-likeness (QED) is 0.874. The van der Waals surface area contributed by atoms with Gasteiger partial charge in [0.2, 0.25) is 0 Å². The van der Waals surface area contributed by atoms with Crippen LogP contribution in [0.15, 0.2) is 5.38 Å². The topological polar surface area (TPSA) is 45.2 Å². The maximum atomic E-state index is 12.0. The fourth-order valence-corrected chi connectivity index (χ4v) is 2.69. The van der Waals surface area contributed by atoms with Crippen LogP contribution in [-0.4, -0.2) is 34.9 Å². The Labute approximate surface area is 98.7 Å². The first kappa shape index (κ1) is 10.1. The fourth-order valence-electron chi connectivity index (χ4n) is 1.92. The highest BCUT2D eigenvalue weighted by atomic mass is 32.1. The van der Waals surface area contributed by atoms with E-state index < -0.39 is 0 Å². The number of aromatic nitrogens is 1. The lowest BCUT2D eigenvalue weighted by Gasteiger charge is -2.12. The third-order valence-corrected chi connectivity index (χ3v) is 3.80. The number of anilines is 1. The average Bonchev–Trinajstić information content (AvgIpc) is 2.82. The number of likely N-dealkylation sites (tertiary alicyclic amines) is 1. The Morgan fingerprint density at radius 3 is 2.88 bits per heavy atom. The second-order valence-corrected chi connectivity index (χ2v) is 5.31. The monoisotopic (exact) mass is 237 g/mol. The van der Waals surface area contributed by atoms with E-state index in [0.29, 0.717) is 11.7 Å². The minimum absolute atomic E-state index is 0.0950. The van der Waals surface area contributed by atoms with Gasteiger partial charge in [0.05, 0.1) is 0 Å². The smallest absolute Gasteiger partial charge is 0.273 e. The van der Waals surface area contributed by atoms with Crippen molar-refractivity contribution in [3.05, 3.63) is 11.1 Å². The summed E-state index contributed by atoms with van der Waals surface area (Å²) < 4.78 is 0. The van der Waals surface area contributed by atoms with Gasteiger partial charge in [-0.25, -0.2) is 4.98 Å². The van der Waals surface area contributed by atoms with Crippen LogP contribution in [0.2, 0.25) is 0 Å². The fraction of sp³-hybridized carbons (Fsp3) is 0.636. The number of hydrogen-bond acceptors (Lipinski definition) is 4. The molecule has 0 bridgehead atoms. The molecule has 1 saturated carbocycles. The normalized spacial score (nSPS) is 20.1. The second-order valence-electron chi connectivity index (χ2n) is 4.46. The first-order valence-corrected chi connectivity index (χ1v) is 6.72. The van der Waals surface area contributed by atoms with Gasteiger partial charge >= 0.3 is 0 Å². The molecule has 86 valence electrons. The van der Waals surface area contributed by atoms with E-state index in [4.69, 9.17) is 0 Å². The highest BCUT2D eigenvalue weighted by Gasteiger charge is 2.24. The van der Waals surface area contributed by atoms with Crippen molar-refractivity contribution in [3.8, 4) is 0 Å². The molecule has 5 heteroatoms. The van der Waals surface area contributed by atoms with Crippen LogP contribution >= 0.6 is 11.3 Å². The molecule has 0 radical (unpaired) electrons. The van der Waals surface area contributed by atoms with Crippen LogP contribution in [0.1, 0.15) is 36.2 Å². The number of rotatable bonds is 3. The van der Waals surface area contributed by atoms with Crippen molar-refractivity contribution in [1.29, 1.82) is 0 Å². The van der Waals surface area contributed by atoms with Crippen molar-refractivity contribution in [2.24, 2.45) is 0 Å². The van der Waals surface area contributed by atoms with Crippen molar-refractivity contribution in [3.63, 3.8) is 0 Å². The summed E-state index contributed by atoms with van der Waals surface area (Å²) in [6.45, 7) is 1.78. The number of carbonyl (C=O) groups excluding carboxylic acids is 1. The summed E-state index contributed by atoms with van der Waals surface area (Å²) in [5.74, 6) is 0.0950. The number of amides is 1. The van der Waals surface area contributed by atoms with Crippen molar-refractivity contribution >= 4 is 22.4 Å². The predicted octanol–water partition coefficient (Wildman–Crippen LogP) is 1.95. The van der Waals surface area contributed by atoms with Crippen LogP contribution in [0.5, 0.6) is 0 Å². The highest BCUT2D eigenvalue weighted by Crippen LogP contribution is 2.27. The summed E-state index contributed by atoms with van der Waals surface area (Å²) in [6, 6.07) is 0.598. The SMILES string of the molecule is O=C(c1csc(NC2CC2)n1)N1CCCC1. The summed E-state index contributed by atoms with van der Waals surface area (Å²) in [5, 5.41) is 6.08. The van der Waals surface area contributed by atoms with E-state index in [1.54, 1.807) is 0 Å². The Morgan fingerprint density at radius 1 is 1.44 bits per heavy atom. The van der Waals surface area contributed by atoms with Crippen LogP contribution < -0.4 is 5.32 Å². The van der Waals surface area contributed by atoms with Gasteiger partial charge in [0, 0.05) is 24.5 Å². The Kier molecular flexibility index (Phi) is 2.55. The van der Waals surface area contributed by atoms with Crippen LogP contribution in [0.4, 0.5) is 5.13 Å². The maximum absolute atomic E-state index is 12.0. The molecule has 0 spiro atoms. The van der Waals surface area contributed by atoms with Crippen LogP contribution in [0, 0.1) is 0 Å². The Morgan fingerprint density at radius 2 is 2.19 bits per heavy atom. The van der Waals surface area contributed by atoms with E-state index in [1.807, 2.05) is 10.3 Å². The number of nitrogens with one attached hydrogen (secondary N) is 1.